The van der Waals surface area contributed by atoms with Gasteiger partial charge in [-0.15, -0.1) is 24.0 Å². The summed E-state index contributed by atoms with van der Waals surface area (Å²) >= 11 is 0. The minimum atomic E-state index is 0. The molecule has 2 rings (SSSR count). The van der Waals surface area contributed by atoms with Crippen molar-refractivity contribution in [3.8, 4) is 0 Å². The van der Waals surface area contributed by atoms with Crippen LogP contribution in [-0.4, -0.2) is 64.2 Å². The predicted octanol–water partition coefficient (Wildman–Crippen LogP) is 2.95. The van der Waals surface area contributed by atoms with Crippen LogP contribution in [0, 0.1) is 12.8 Å². The molecule has 0 spiro atoms. The van der Waals surface area contributed by atoms with Crippen molar-refractivity contribution < 1.29 is 0 Å². The van der Waals surface area contributed by atoms with Gasteiger partial charge in [-0.3, -0.25) is 4.99 Å². The second-order valence-corrected chi connectivity index (χ2v) is 7.05. The van der Waals surface area contributed by atoms with Gasteiger partial charge in [-0.05, 0) is 70.4 Å². The van der Waals surface area contributed by atoms with E-state index in [1.807, 2.05) is 7.05 Å². The minimum absolute atomic E-state index is 0. The van der Waals surface area contributed by atoms with Crippen molar-refractivity contribution in [2.45, 2.75) is 26.7 Å². The summed E-state index contributed by atoms with van der Waals surface area (Å²) in [7, 11) is 4.06. The van der Waals surface area contributed by atoms with Gasteiger partial charge in [0.25, 0.3) is 0 Å². The Hall–Kier alpha value is -1.02. The number of likely N-dealkylation sites (tertiary alicyclic amines) is 1. The number of halogens is 1. The molecule has 1 aliphatic heterocycles. The van der Waals surface area contributed by atoms with Crippen molar-refractivity contribution >= 4 is 35.6 Å². The first kappa shape index (κ1) is 23.0. The molecule has 0 saturated carbocycles. The SMILES string of the molecule is CCN(CCNC(=NC)NCC1CCN(C)CC1)c1cccc(C)c1.I. The van der Waals surface area contributed by atoms with E-state index >= 15 is 0 Å². The third-order valence-corrected chi connectivity index (χ3v) is 5.04. The number of piperidine rings is 1. The Morgan fingerprint density at radius 1 is 1.27 bits per heavy atom. The molecule has 2 N–H and O–H groups in total. The van der Waals surface area contributed by atoms with Gasteiger partial charge >= 0.3 is 0 Å². The Balaban J connectivity index is 0.00000338. The zero-order valence-corrected chi connectivity index (χ0v) is 19.1. The highest BCUT2D eigenvalue weighted by atomic mass is 127. The number of benzene rings is 1. The summed E-state index contributed by atoms with van der Waals surface area (Å²) in [5, 5.41) is 6.95. The van der Waals surface area contributed by atoms with Crippen LogP contribution in [0.15, 0.2) is 29.3 Å². The fourth-order valence-corrected chi connectivity index (χ4v) is 3.33. The highest BCUT2D eigenvalue weighted by molar-refractivity contribution is 14.0. The fourth-order valence-electron chi connectivity index (χ4n) is 3.33. The minimum Gasteiger partial charge on any atom is -0.370 e. The average Bonchev–Trinajstić information content (AvgIpc) is 2.62. The highest BCUT2D eigenvalue weighted by Crippen LogP contribution is 2.15. The molecular formula is C20H36IN5. The lowest BCUT2D eigenvalue weighted by atomic mass is 9.97. The number of hydrogen-bond donors (Lipinski definition) is 2. The summed E-state index contributed by atoms with van der Waals surface area (Å²) < 4.78 is 0. The lowest BCUT2D eigenvalue weighted by Gasteiger charge is -2.29. The number of aryl methyl sites for hydroxylation is 1. The van der Waals surface area contributed by atoms with Gasteiger partial charge in [0.2, 0.25) is 0 Å². The standard InChI is InChI=1S/C20H35N5.HI/c1-5-25(19-8-6-7-17(2)15-19)14-11-22-20(21-3)23-16-18-9-12-24(4)13-10-18;/h6-8,15,18H,5,9-14,16H2,1-4H3,(H2,21,22,23);1H. The molecular weight excluding hydrogens is 437 g/mol. The average molecular weight is 473 g/mol. The first-order valence-electron chi connectivity index (χ1n) is 9.57. The molecule has 148 valence electrons. The van der Waals surface area contributed by atoms with Gasteiger partial charge in [0.15, 0.2) is 5.96 Å². The summed E-state index contributed by atoms with van der Waals surface area (Å²) in [5.41, 5.74) is 2.60. The van der Waals surface area contributed by atoms with Crippen molar-refractivity contribution in [2.24, 2.45) is 10.9 Å². The molecule has 6 heteroatoms. The maximum atomic E-state index is 4.36. The molecule has 0 bridgehead atoms. The van der Waals surface area contributed by atoms with Crippen LogP contribution in [0.1, 0.15) is 25.3 Å². The molecule has 1 aliphatic rings. The quantitative estimate of drug-likeness (QED) is 0.363. The fraction of sp³-hybridized carbons (Fsp3) is 0.650. The van der Waals surface area contributed by atoms with Crippen LogP contribution in [0.3, 0.4) is 0 Å². The number of likely N-dealkylation sites (N-methyl/N-ethyl adjacent to an activating group) is 1. The number of aliphatic imine (C=N–C) groups is 1. The Morgan fingerprint density at radius 2 is 2.00 bits per heavy atom. The van der Waals surface area contributed by atoms with Crippen molar-refractivity contribution in [1.82, 2.24) is 15.5 Å². The van der Waals surface area contributed by atoms with E-state index in [0.29, 0.717) is 0 Å². The van der Waals surface area contributed by atoms with Crippen molar-refractivity contribution in [2.75, 3.05) is 58.3 Å². The van der Waals surface area contributed by atoms with Gasteiger partial charge in [-0.1, -0.05) is 12.1 Å². The molecule has 0 atom stereocenters. The number of rotatable bonds is 7. The van der Waals surface area contributed by atoms with Gasteiger partial charge < -0.3 is 20.4 Å². The molecule has 1 heterocycles. The zero-order chi connectivity index (χ0) is 18.1. The number of hydrogen-bond acceptors (Lipinski definition) is 3. The number of nitrogens with zero attached hydrogens (tertiary/aromatic N) is 3. The monoisotopic (exact) mass is 473 g/mol. The van der Waals surface area contributed by atoms with Crippen LogP contribution in [-0.2, 0) is 0 Å². The van der Waals surface area contributed by atoms with E-state index in [9.17, 15) is 0 Å². The first-order valence-corrected chi connectivity index (χ1v) is 9.57. The molecule has 0 aromatic heterocycles. The molecule has 5 nitrogen and oxygen atoms in total. The predicted molar refractivity (Wildman–Crippen MR) is 124 cm³/mol. The number of anilines is 1. The van der Waals surface area contributed by atoms with Gasteiger partial charge in [-0.2, -0.15) is 0 Å². The molecule has 0 unspecified atom stereocenters. The van der Waals surface area contributed by atoms with Crippen LogP contribution < -0.4 is 15.5 Å². The van der Waals surface area contributed by atoms with Crippen molar-refractivity contribution in [1.29, 1.82) is 0 Å². The Kier molecular flexibility index (Phi) is 11.0. The van der Waals surface area contributed by atoms with Crippen LogP contribution in [0.25, 0.3) is 0 Å². The van der Waals surface area contributed by atoms with Gasteiger partial charge in [0.1, 0.15) is 0 Å². The maximum Gasteiger partial charge on any atom is 0.191 e. The maximum absolute atomic E-state index is 4.36. The lowest BCUT2D eigenvalue weighted by molar-refractivity contribution is 0.220. The summed E-state index contributed by atoms with van der Waals surface area (Å²) in [5.74, 6) is 1.67. The topological polar surface area (TPSA) is 42.9 Å². The molecule has 26 heavy (non-hydrogen) atoms. The first-order chi connectivity index (χ1) is 12.1. The van der Waals surface area contributed by atoms with E-state index in [0.717, 1.165) is 38.1 Å². The van der Waals surface area contributed by atoms with Crippen molar-refractivity contribution in [3.63, 3.8) is 0 Å². The summed E-state index contributed by atoms with van der Waals surface area (Å²) in [6.07, 6.45) is 2.55. The molecule has 1 aromatic carbocycles. The van der Waals surface area contributed by atoms with Crippen LogP contribution in [0.2, 0.25) is 0 Å². The smallest absolute Gasteiger partial charge is 0.191 e. The number of guanidine groups is 1. The third kappa shape index (κ3) is 7.70. The lowest BCUT2D eigenvalue weighted by Crippen LogP contribution is -2.44. The number of nitrogens with one attached hydrogen (secondary N) is 2. The summed E-state index contributed by atoms with van der Waals surface area (Å²) in [6.45, 7) is 10.6. The Labute approximate surface area is 176 Å². The van der Waals surface area contributed by atoms with E-state index in [1.54, 1.807) is 0 Å². The van der Waals surface area contributed by atoms with E-state index in [-0.39, 0.29) is 24.0 Å². The van der Waals surface area contributed by atoms with Crippen molar-refractivity contribution in [3.05, 3.63) is 29.8 Å². The second kappa shape index (κ2) is 12.4. The van der Waals surface area contributed by atoms with Gasteiger partial charge in [-0.25, -0.2) is 0 Å². The van der Waals surface area contributed by atoms with E-state index in [2.05, 4.69) is 70.6 Å². The van der Waals surface area contributed by atoms with Gasteiger partial charge in [0, 0.05) is 38.9 Å². The summed E-state index contributed by atoms with van der Waals surface area (Å²) in [4.78, 5) is 9.17. The Bertz CT molecular complexity index is 541. The molecule has 0 aliphatic carbocycles. The van der Waals surface area contributed by atoms with E-state index < -0.39 is 0 Å². The molecule has 0 amide bonds. The molecule has 0 radical (unpaired) electrons. The third-order valence-electron chi connectivity index (χ3n) is 5.04. The largest absolute Gasteiger partial charge is 0.370 e. The molecule has 1 fully saturated rings. The molecule has 1 aromatic rings. The molecule has 1 saturated heterocycles. The van der Waals surface area contributed by atoms with Crippen LogP contribution in [0.4, 0.5) is 5.69 Å². The van der Waals surface area contributed by atoms with Crippen LogP contribution in [0.5, 0.6) is 0 Å². The van der Waals surface area contributed by atoms with E-state index in [1.165, 1.54) is 37.2 Å². The zero-order valence-electron chi connectivity index (χ0n) is 16.8. The van der Waals surface area contributed by atoms with Crippen LogP contribution >= 0.6 is 24.0 Å². The highest BCUT2D eigenvalue weighted by Gasteiger charge is 2.16. The summed E-state index contributed by atoms with van der Waals surface area (Å²) in [6, 6.07) is 8.70. The second-order valence-electron chi connectivity index (χ2n) is 7.05. The van der Waals surface area contributed by atoms with E-state index in [4.69, 9.17) is 0 Å². The Morgan fingerprint density at radius 3 is 2.62 bits per heavy atom. The van der Waals surface area contributed by atoms with Gasteiger partial charge in [0.05, 0.1) is 0 Å². The normalized spacial score (nSPS) is 16.1.